The Morgan fingerprint density at radius 2 is 1.80 bits per heavy atom. The maximum absolute atomic E-state index is 11.8. The molecule has 2 rings (SSSR count). The van der Waals surface area contributed by atoms with Crippen molar-refractivity contribution in [3.05, 3.63) is 29.3 Å². The molecular formula is C14H14O6. The van der Waals surface area contributed by atoms with Crippen LogP contribution in [0.1, 0.15) is 19.4 Å². The Kier molecular flexibility index (Phi) is 3.40. The van der Waals surface area contributed by atoms with E-state index in [1.54, 1.807) is 6.07 Å². The number of benzene rings is 1. The summed E-state index contributed by atoms with van der Waals surface area (Å²) in [7, 11) is 1.47. The van der Waals surface area contributed by atoms with E-state index in [1.165, 1.54) is 39.2 Å². The number of carbonyl (C=O) groups excluding carboxylic acids is 2. The highest BCUT2D eigenvalue weighted by Crippen LogP contribution is 2.28. The summed E-state index contributed by atoms with van der Waals surface area (Å²) in [5.74, 6) is -2.50. The Morgan fingerprint density at radius 1 is 1.20 bits per heavy atom. The molecule has 0 spiro atoms. The molecule has 0 atom stereocenters. The van der Waals surface area contributed by atoms with Crippen molar-refractivity contribution in [3.8, 4) is 11.5 Å². The molecule has 0 saturated carbocycles. The average molecular weight is 278 g/mol. The molecule has 106 valence electrons. The first-order valence-corrected chi connectivity index (χ1v) is 5.88. The highest BCUT2D eigenvalue weighted by molar-refractivity contribution is 6.19. The first kappa shape index (κ1) is 13.9. The minimum Gasteiger partial charge on any atom is -0.507 e. The fraction of sp³-hybridized carbons (Fsp3) is 0.286. The minimum atomic E-state index is -1.29. The number of methoxy groups -OCH3 is 1. The molecule has 6 nitrogen and oxygen atoms in total. The fourth-order valence-electron chi connectivity index (χ4n) is 1.71. The van der Waals surface area contributed by atoms with E-state index in [0.29, 0.717) is 5.75 Å². The van der Waals surface area contributed by atoms with E-state index in [0.717, 1.165) is 0 Å². The summed E-state index contributed by atoms with van der Waals surface area (Å²) in [6.07, 6.45) is 1.21. The van der Waals surface area contributed by atoms with Gasteiger partial charge < -0.3 is 19.3 Å². The predicted molar refractivity (Wildman–Crippen MR) is 68.9 cm³/mol. The van der Waals surface area contributed by atoms with Gasteiger partial charge in [0.15, 0.2) is 0 Å². The van der Waals surface area contributed by atoms with Gasteiger partial charge in [0, 0.05) is 19.4 Å². The normalized spacial score (nSPS) is 17.2. The molecule has 1 aliphatic rings. The monoisotopic (exact) mass is 278 g/mol. The summed E-state index contributed by atoms with van der Waals surface area (Å²) in [6, 6.07) is 4.44. The van der Waals surface area contributed by atoms with E-state index in [1.807, 2.05) is 0 Å². The number of cyclic esters (lactones) is 2. The van der Waals surface area contributed by atoms with Gasteiger partial charge in [-0.2, -0.15) is 0 Å². The number of hydrogen-bond donors (Lipinski definition) is 1. The Balaban J connectivity index is 2.40. The van der Waals surface area contributed by atoms with Crippen LogP contribution in [0.15, 0.2) is 23.8 Å². The van der Waals surface area contributed by atoms with E-state index in [-0.39, 0.29) is 16.9 Å². The van der Waals surface area contributed by atoms with Crippen molar-refractivity contribution in [3.63, 3.8) is 0 Å². The van der Waals surface area contributed by atoms with Crippen LogP contribution in [0.4, 0.5) is 0 Å². The van der Waals surface area contributed by atoms with Gasteiger partial charge in [-0.05, 0) is 24.3 Å². The van der Waals surface area contributed by atoms with Gasteiger partial charge in [-0.25, -0.2) is 9.59 Å². The molecule has 0 aliphatic carbocycles. The van der Waals surface area contributed by atoms with Gasteiger partial charge >= 0.3 is 11.9 Å². The van der Waals surface area contributed by atoms with Crippen molar-refractivity contribution in [2.45, 2.75) is 19.6 Å². The van der Waals surface area contributed by atoms with Crippen molar-refractivity contribution >= 4 is 18.0 Å². The summed E-state index contributed by atoms with van der Waals surface area (Å²) in [5, 5.41) is 9.73. The molecule has 0 bridgehead atoms. The molecule has 6 heteroatoms. The second kappa shape index (κ2) is 4.88. The minimum absolute atomic E-state index is 0.0938. The lowest BCUT2D eigenvalue weighted by atomic mass is 10.1. The molecule has 1 N–H and O–H groups in total. The number of carbonyl (C=O) groups is 2. The van der Waals surface area contributed by atoms with Gasteiger partial charge in [0.05, 0.1) is 7.11 Å². The van der Waals surface area contributed by atoms with Crippen LogP contribution in [0.3, 0.4) is 0 Å². The van der Waals surface area contributed by atoms with Crippen molar-refractivity contribution in [2.24, 2.45) is 0 Å². The molecule has 1 fully saturated rings. The number of esters is 2. The maximum atomic E-state index is 11.8. The smallest absolute Gasteiger partial charge is 0.348 e. The van der Waals surface area contributed by atoms with Crippen molar-refractivity contribution in [2.75, 3.05) is 7.11 Å². The van der Waals surface area contributed by atoms with E-state index < -0.39 is 17.7 Å². The third kappa shape index (κ3) is 2.74. The van der Waals surface area contributed by atoms with Crippen LogP contribution in [-0.2, 0) is 19.1 Å². The molecule has 1 aromatic carbocycles. The van der Waals surface area contributed by atoms with Gasteiger partial charge in [0.1, 0.15) is 17.1 Å². The third-order valence-corrected chi connectivity index (χ3v) is 2.65. The van der Waals surface area contributed by atoms with Crippen LogP contribution in [0, 0.1) is 0 Å². The lowest BCUT2D eigenvalue weighted by Crippen LogP contribution is -2.41. The van der Waals surface area contributed by atoms with Crippen LogP contribution in [-0.4, -0.2) is 29.9 Å². The Bertz CT molecular complexity index is 578. The highest BCUT2D eigenvalue weighted by atomic mass is 16.7. The highest BCUT2D eigenvalue weighted by Gasteiger charge is 2.38. The van der Waals surface area contributed by atoms with E-state index in [2.05, 4.69) is 0 Å². The number of rotatable bonds is 2. The number of hydrogen-bond acceptors (Lipinski definition) is 6. The van der Waals surface area contributed by atoms with E-state index in [4.69, 9.17) is 14.2 Å². The summed E-state index contributed by atoms with van der Waals surface area (Å²) in [6.45, 7) is 2.92. The maximum Gasteiger partial charge on any atom is 0.348 e. The number of ether oxygens (including phenoxy) is 3. The molecule has 0 amide bonds. The molecule has 20 heavy (non-hydrogen) atoms. The molecule has 1 heterocycles. The quantitative estimate of drug-likeness (QED) is 0.503. The van der Waals surface area contributed by atoms with Crippen molar-refractivity contribution < 1.29 is 28.9 Å². The van der Waals surface area contributed by atoms with Crippen LogP contribution in [0.2, 0.25) is 0 Å². The summed E-state index contributed by atoms with van der Waals surface area (Å²) in [5.41, 5.74) is -0.0270. The molecular weight excluding hydrogens is 264 g/mol. The molecule has 0 radical (unpaired) electrons. The molecule has 1 saturated heterocycles. The van der Waals surface area contributed by atoms with Crippen LogP contribution in [0.25, 0.3) is 6.08 Å². The third-order valence-electron chi connectivity index (χ3n) is 2.65. The van der Waals surface area contributed by atoms with Gasteiger partial charge in [0.25, 0.3) is 5.79 Å². The van der Waals surface area contributed by atoms with E-state index in [9.17, 15) is 14.7 Å². The zero-order valence-electron chi connectivity index (χ0n) is 11.3. The number of aromatic hydroxyl groups is 1. The molecule has 0 aromatic heterocycles. The topological polar surface area (TPSA) is 82.1 Å². The summed E-state index contributed by atoms with van der Waals surface area (Å²) < 4.78 is 14.9. The lowest BCUT2D eigenvalue weighted by molar-refractivity contribution is -0.222. The average Bonchev–Trinajstić information content (AvgIpc) is 2.34. The predicted octanol–water partition coefficient (Wildman–Crippen LogP) is 1.62. The van der Waals surface area contributed by atoms with E-state index >= 15 is 0 Å². The van der Waals surface area contributed by atoms with Gasteiger partial charge in [0.2, 0.25) is 0 Å². The largest absolute Gasteiger partial charge is 0.507 e. The van der Waals surface area contributed by atoms with Crippen LogP contribution < -0.4 is 4.74 Å². The Morgan fingerprint density at radius 3 is 2.35 bits per heavy atom. The Labute approximate surface area is 115 Å². The fourth-order valence-corrected chi connectivity index (χ4v) is 1.71. The van der Waals surface area contributed by atoms with Crippen LogP contribution in [0.5, 0.6) is 11.5 Å². The van der Waals surface area contributed by atoms with Gasteiger partial charge in [-0.3, -0.25) is 0 Å². The van der Waals surface area contributed by atoms with Gasteiger partial charge in [-0.1, -0.05) is 0 Å². The number of phenolic OH excluding ortho intramolecular Hbond substituents is 1. The zero-order valence-corrected chi connectivity index (χ0v) is 11.3. The number of phenols is 1. The standard InChI is InChI=1S/C14H14O6/c1-14(2)19-12(16)10(13(17)20-14)7-8-6-9(18-3)4-5-11(8)15/h4-7,15H,1-3H3. The molecule has 1 aliphatic heterocycles. The summed E-state index contributed by atoms with van der Waals surface area (Å²) >= 11 is 0. The second-order valence-corrected chi connectivity index (χ2v) is 4.66. The molecule has 1 aromatic rings. The first-order chi connectivity index (χ1) is 9.32. The van der Waals surface area contributed by atoms with Gasteiger partial charge in [-0.15, -0.1) is 0 Å². The summed E-state index contributed by atoms with van der Waals surface area (Å²) in [4.78, 5) is 23.6. The Hall–Kier alpha value is -2.50. The SMILES string of the molecule is COc1ccc(O)c(C=C2C(=O)OC(C)(C)OC2=O)c1. The lowest BCUT2D eigenvalue weighted by Gasteiger charge is -2.29. The van der Waals surface area contributed by atoms with Crippen LogP contribution >= 0.6 is 0 Å². The molecule has 0 unspecified atom stereocenters. The first-order valence-electron chi connectivity index (χ1n) is 5.88. The van der Waals surface area contributed by atoms with Crippen molar-refractivity contribution in [1.29, 1.82) is 0 Å². The zero-order chi connectivity index (χ0) is 14.9. The van der Waals surface area contributed by atoms with Crippen molar-refractivity contribution in [1.82, 2.24) is 0 Å². The second-order valence-electron chi connectivity index (χ2n) is 4.66.